The normalized spacial score (nSPS) is 15.4. The second kappa shape index (κ2) is 11.9. The Morgan fingerprint density at radius 3 is 2.34 bits per heavy atom. The number of methoxy groups -OCH3 is 1. The van der Waals surface area contributed by atoms with Crippen molar-refractivity contribution in [2.24, 2.45) is 0 Å². The summed E-state index contributed by atoms with van der Waals surface area (Å²) >= 11 is 0. The molecule has 1 aliphatic heterocycles. The number of carbonyl (C=O) groups excluding carboxylic acids is 2. The minimum absolute atomic E-state index is 0.0589. The predicted molar refractivity (Wildman–Crippen MR) is 125 cm³/mol. The Hall–Kier alpha value is -3.32. The van der Waals surface area contributed by atoms with Crippen molar-refractivity contribution >= 4 is 17.9 Å². The molecule has 7 nitrogen and oxygen atoms in total. The van der Waals surface area contributed by atoms with E-state index in [-0.39, 0.29) is 11.8 Å². The van der Waals surface area contributed by atoms with Crippen molar-refractivity contribution in [3.8, 4) is 11.5 Å². The van der Waals surface area contributed by atoms with Crippen molar-refractivity contribution in [1.82, 2.24) is 15.1 Å². The van der Waals surface area contributed by atoms with Crippen LogP contribution >= 0.6 is 0 Å². The quantitative estimate of drug-likeness (QED) is 0.610. The number of carbonyl (C=O) groups is 2. The van der Waals surface area contributed by atoms with Crippen molar-refractivity contribution in [3.05, 3.63) is 66.2 Å². The van der Waals surface area contributed by atoms with E-state index in [4.69, 9.17) is 9.47 Å². The highest BCUT2D eigenvalue weighted by atomic mass is 16.5. The molecule has 1 fully saturated rings. The lowest BCUT2D eigenvalue weighted by atomic mass is 10.2. The highest BCUT2D eigenvalue weighted by Crippen LogP contribution is 2.12. The first-order chi connectivity index (χ1) is 15.5. The van der Waals surface area contributed by atoms with Crippen LogP contribution in [0.3, 0.4) is 0 Å². The molecule has 32 heavy (non-hydrogen) atoms. The average molecular weight is 438 g/mol. The van der Waals surface area contributed by atoms with E-state index in [1.54, 1.807) is 20.1 Å². The maximum atomic E-state index is 12.7. The van der Waals surface area contributed by atoms with Crippen LogP contribution in [0.4, 0.5) is 0 Å². The maximum absolute atomic E-state index is 12.7. The third-order valence-electron chi connectivity index (χ3n) is 5.38. The summed E-state index contributed by atoms with van der Waals surface area (Å²) in [6.07, 6.45) is 3.15. The summed E-state index contributed by atoms with van der Waals surface area (Å²) in [6, 6.07) is 16.6. The topological polar surface area (TPSA) is 71.1 Å². The van der Waals surface area contributed by atoms with E-state index >= 15 is 0 Å². The Labute approximate surface area is 189 Å². The molecule has 0 saturated carbocycles. The molecule has 170 valence electrons. The molecule has 3 rings (SSSR count). The van der Waals surface area contributed by atoms with Crippen molar-refractivity contribution in [2.75, 3.05) is 46.4 Å². The molecule has 1 aliphatic rings. The van der Waals surface area contributed by atoms with E-state index in [1.165, 1.54) is 6.08 Å². The number of hydrogen-bond donors (Lipinski definition) is 1. The first kappa shape index (κ1) is 23.3. The zero-order chi connectivity index (χ0) is 22.8. The average Bonchev–Trinajstić information content (AvgIpc) is 2.83. The van der Waals surface area contributed by atoms with Gasteiger partial charge in [0.2, 0.25) is 11.8 Å². The second-order valence-corrected chi connectivity index (χ2v) is 7.67. The molecule has 0 spiro atoms. The van der Waals surface area contributed by atoms with Crippen LogP contribution in [0.5, 0.6) is 11.5 Å². The van der Waals surface area contributed by atoms with Gasteiger partial charge in [0, 0.05) is 38.8 Å². The standard InChI is InChI=1S/C25H31N3O4/c1-20(26-24(29)13-10-21-8-11-22(31-2)12-9-21)25(30)28-16-14-27(15-17-28)18-19-32-23-6-4-3-5-7-23/h3-13,20H,14-19H2,1-2H3,(H,26,29)/b13-10+. The van der Waals surface area contributed by atoms with E-state index in [9.17, 15) is 9.59 Å². The lowest BCUT2D eigenvalue weighted by Crippen LogP contribution is -2.54. The van der Waals surface area contributed by atoms with E-state index in [0.717, 1.165) is 36.7 Å². The van der Waals surface area contributed by atoms with E-state index in [2.05, 4.69) is 10.2 Å². The highest BCUT2D eigenvalue weighted by Gasteiger charge is 2.25. The van der Waals surface area contributed by atoms with Crippen LogP contribution in [0.15, 0.2) is 60.7 Å². The summed E-state index contributed by atoms with van der Waals surface area (Å²) < 4.78 is 10.9. The second-order valence-electron chi connectivity index (χ2n) is 7.67. The molecule has 1 unspecified atom stereocenters. The summed E-state index contributed by atoms with van der Waals surface area (Å²) in [7, 11) is 1.61. The van der Waals surface area contributed by atoms with Gasteiger partial charge in [-0.25, -0.2) is 0 Å². The van der Waals surface area contributed by atoms with Gasteiger partial charge in [-0.05, 0) is 42.8 Å². The Bertz CT molecular complexity index is 891. The smallest absolute Gasteiger partial charge is 0.244 e. The fourth-order valence-electron chi connectivity index (χ4n) is 3.49. The first-order valence-electron chi connectivity index (χ1n) is 10.9. The molecule has 0 aliphatic carbocycles. The fourth-order valence-corrected chi connectivity index (χ4v) is 3.49. The monoisotopic (exact) mass is 437 g/mol. The molecule has 1 heterocycles. The third-order valence-corrected chi connectivity index (χ3v) is 5.38. The number of ether oxygens (including phenoxy) is 2. The number of nitrogens with zero attached hydrogens (tertiary/aromatic N) is 2. The summed E-state index contributed by atoms with van der Waals surface area (Å²) in [5, 5.41) is 2.76. The minimum Gasteiger partial charge on any atom is -0.497 e. The van der Waals surface area contributed by atoms with Gasteiger partial charge in [0.1, 0.15) is 24.1 Å². The number of para-hydroxylation sites is 1. The number of benzene rings is 2. The zero-order valence-corrected chi connectivity index (χ0v) is 18.7. The molecule has 0 radical (unpaired) electrons. The Morgan fingerprint density at radius 2 is 1.69 bits per heavy atom. The molecular weight excluding hydrogens is 406 g/mol. The predicted octanol–water partition coefficient (Wildman–Crippen LogP) is 2.44. The number of nitrogens with one attached hydrogen (secondary N) is 1. The lowest BCUT2D eigenvalue weighted by molar-refractivity contribution is -0.136. The van der Waals surface area contributed by atoms with Gasteiger partial charge in [-0.3, -0.25) is 14.5 Å². The van der Waals surface area contributed by atoms with E-state index < -0.39 is 6.04 Å². The van der Waals surface area contributed by atoms with Crippen molar-refractivity contribution in [3.63, 3.8) is 0 Å². The molecule has 2 amide bonds. The van der Waals surface area contributed by atoms with Crippen LogP contribution in [0.1, 0.15) is 12.5 Å². The third kappa shape index (κ3) is 7.13. The van der Waals surface area contributed by atoms with Crippen LogP contribution in [-0.2, 0) is 9.59 Å². The Kier molecular flexibility index (Phi) is 8.69. The fraction of sp³-hybridized carbons (Fsp3) is 0.360. The summed E-state index contributed by atoms with van der Waals surface area (Å²) in [5.41, 5.74) is 0.882. The van der Waals surface area contributed by atoms with Crippen LogP contribution in [0.25, 0.3) is 6.08 Å². The summed E-state index contributed by atoms with van der Waals surface area (Å²) in [5.74, 6) is 1.27. The Morgan fingerprint density at radius 1 is 1.00 bits per heavy atom. The number of rotatable bonds is 9. The largest absolute Gasteiger partial charge is 0.497 e. The molecule has 1 saturated heterocycles. The van der Waals surface area contributed by atoms with Crippen LogP contribution in [-0.4, -0.2) is 74.1 Å². The lowest BCUT2D eigenvalue weighted by Gasteiger charge is -2.35. The van der Waals surface area contributed by atoms with Gasteiger partial charge < -0.3 is 19.7 Å². The van der Waals surface area contributed by atoms with Gasteiger partial charge in [-0.1, -0.05) is 30.3 Å². The van der Waals surface area contributed by atoms with Gasteiger partial charge in [0.05, 0.1) is 7.11 Å². The van der Waals surface area contributed by atoms with Crippen molar-refractivity contribution in [2.45, 2.75) is 13.0 Å². The van der Waals surface area contributed by atoms with Crippen molar-refractivity contribution in [1.29, 1.82) is 0 Å². The maximum Gasteiger partial charge on any atom is 0.244 e. The van der Waals surface area contributed by atoms with E-state index in [1.807, 2.05) is 59.5 Å². The molecule has 1 N–H and O–H groups in total. The minimum atomic E-state index is -0.573. The number of piperazine rings is 1. The van der Waals surface area contributed by atoms with Crippen LogP contribution < -0.4 is 14.8 Å². The summed E-state index contributed by atoms with van der Waals surface area (Å²) in [6.45, 7) is 6.04. The van der Waals surface area contributed by atoms with Gasteiger partial charge in [0.25, 0.3) is 0 Å². The molecule has 2 aromatic carbocycles. The molecule has 7 heteroatoms. The molecule has 1 atom stereocenters. The van der Waals surface area contributed by atoms with Crippen molar-refractivity contribution < 1.29 is 19.1 Å². The van der Waals surface area contributed by atoms with Crippen LogP contribution in [0, 0.1) is 0 Å². The number of hydrogen-bond acceptors (Lipinski definition) is 5. The molecule has 0 bridgehead atoms. The van der Waals surface area contributed by atoms with E-state index in [0.29, 0.717) is 19.7 Å². The number of amides is 2. The Balaban J connectivity index is 1.37. The first-order valence-corrected chi connectivity index (χ1v) is 10.9. The summed E-state index contributed by atoms with van der Waals surface area (Å²) in [4.78, 5) is 29.0. The van der Waals surface area contributed by atoms with Gasteiger partial charge in [0.15, 0.2) is 0 Å². The van der Waals surface area contributed by atoms with Gasteiger partial charge >= 0.3 is 0 Å². The zero-order valence-electron chi connectivity index (χ0n) is 18.7. The van der Waals surface area contributed by atoms with Gasteiger partial charge in [-0.15, -0.1) is 0 Å². The molecule has 0 aromatic heterocycles. The molecular formula is C25H31N3O4. The molecule has 2 aromatic rings. The SMILES string of the molecule is COc1ccc(/C=C/C(=O)NC(C)C(=O)N2CCN(CCOc3ccccc3)CC2)cc1. The highest BCUT2D eigenvalue weighted by molar-refractivity contribution is 5.95. The van der Waals surface area contributed by atoms with Crippen LogP contribution in [0.2, 0.25) is 0 Å². The van der Waals surface area contributed by atoms with Gasteiger partial charge in [-0.2, -0.15) is 0 Å².